The monoisotopic (exact) mass is 259 g/mol. The van der Waals surface area contributed by atoms with E-state index in [1.54, 1.807) is 4.80 Å². The highest BCUT2D eigenvalue weighted by atomic mass is 15.6. The van der Waals surface area contributed by atoms with E-state index in [1.165, 1.54) is 0 Å². The van der Waals surface area contributed by atoms with Gasteiger partial charge in [-0.05, 0) is 18.1 Å². The third-order valence-corrected chi connectivity index (χ3v) is 3.26. The molecule has 5 heteroatoms. The van der Waals surface area contributed by atoms with Gasteiger partial charge in [-0.2, -0.15) is 4.80 Å². The molecule has 102 valence electrons. The molecule has 1 unspecified atom stereocenters. The standard InChI is InChI=1S/C14H21N5/c1-11(2)12(3)15-9-10-19-17-14(16-18-19)13-7-5-4-6-8-13/h4-8,11-12,15H,9-10H2,1-3H3. The number of rotatable bonds is 6. The highest BCUT2D eigenvalue weighted by Gasteiger charge is 2.07. The average molecular weight is 259 g/mol. The first-order valence-electron chi connectivity index (χ1n) is 6.73. The van der Waals surface area contributed by atoms with Crippen LogP contribution in [-0.2, 0) is 6.54 Å². The summed E-state index contributed by atoms with van der Waals surface area (Å²) in [6.45, 7) is 8.19. The molecule has 1 atom stereocenters. The summed E-state index contributed by atoms with van der Waals surface area (Å²) in [6, 6.07) is 10.4. The zero-order valence-corrected chi connectivity index (χ0v) is 11.7. The first-order valence-corrected chi connectivity index (χ1v) is 6.73. The molecule has 0 saturated carbocycles. The van der Waals surface area contributed by atoms with Crippen molar-refractivity contribution in [3.8, 4) is 11.4 Å². The fourth-order valence-corrected chi connectivity index (χ4v) is 1.67. The van der Waals surface area contributed by atoms with Crippen LogP contribution < -0.4 is 5.32 Å². The third kappa shape index (κ3) is 3.86. The van der Waals surface area contributed by atoms with Gasteiger partial charge in [-0.25, -0.2) is 0 Å². The molecule has 0 fully saturated rings. The van der Waals surface area contributed by atoms with Crippen LogP contribution in [0.4, 0.5) is 0 Å². The van der Waals surface area contributed by atoms with E-state index < -0.39 is 0 Å². The van der Waals surface area contributed by atoms with Gasteiger partial charge >= 0.3 is 0 Å². The van der Waals surface area contributed by atoms with Crippen molar-refractivity contribution in [3.63, 3.8) is 0 Å². The van der Waals surface area contributed by atoms with Gasteiger partial charge in [0.25, 0.3) is 0 Å². The average Bonchev–Trinajstić information content (AvgIpc) is 2.88. The topological polar surface area (TPSA) is 55.6 Å². The van der Waals surface area contributed by atoms with Crippen molar-refractivity contribution in [1.82, 2.24) is 25.5 Å². The molecule has 2 rings (SSSR count). The lowest BCUT2D eigenvalue weighted by atomic mass is 10.1. The molecule has 0 amide bonds. The summed E-state index contributed by atoms with van der Waals surface area (Å²) in [6.07, 6.45) is 0. The number of aromatic nitrogens is 4. The summed E-state index contributed by atoms with van der Waals surface area (Å²) in [4.78, 5) is 1.64. The van der Waals surface area contributed by atoms with Gasteiger partial charge in [-0.3, -0.25) is 0 Å². The summed E-state index contributed by atoms with van der Waals surface area (Å²) in [5, 5.41) is 16.0. The molecule has 1 heterocycles. The van der Waals surface area contributed by atoms with Gasteiger partial charge in [-0.15, -0.1) is 10.2 Å². The molecule has 0 aliphatic carbocycles. The number of tetrazole rings is 1. The van der Waals surface area contributed by atoms with Gasteiger partial charge < -0.3 is 5.32 Å². The molecule has 5 nitrogen and oxygen atoms in total. The van der Waals surface area contributed by atoms with Gasteiger partial charge in [0.05, 0.1) is 6.54 Å². The highest BCUT2D eigenvalue weighted by Crippen LogP contribution is 2.11. The van der Waals surface area contributed by atoms with E-state index >= 15 is 0 Å². The summed E-state index contributed by atoms with van der Waals surface area (Å²) < 4.78 is 0. The van der Waals surface area contributed by atoms with Crippen LogP contribution in [0.2, 0.25) is 0 Å². The molecule has 0 spiro atoms. The lowest BCUT2D eigenvalue weighted by Gasteiger charge is -2.16. The molecule has 0 bridgehead atoms. The van der Waals surface area contributed by atoms with Gasteiger partial charge in [0.1, 0.15) is 0 Å². The highest BCUT2D eigenvalue weighted by molar-refractivity contribution is 5.52. The zero-order chi connectivity index (χ0) is 13.7. The van der Waals surface area contributed by atoms with Crippen molar-refractivity contribution >= 4 is 0 Å². The summed E-state index contributed by atoms with van der Waals surface area (Å²) >= 11 is 0. The van der Waals surface area contributed by atoms with Crippen LogP contribution in [0.3, 0.4) is 0 Å². The van der Waals surface area contributed by atoms with Crippen LogP contribution in [0.15, 0.2) is 30.3 Å². The number of benzene rings is 1. The molecular weight excluding hydrogens is 238 g/mol. The maximum atomic E-state index is 4.38. The Balaban J connectivity index is 1.88. The Kier molecular flexibility index (Phi) is 4.63. The van der Waals surface area contributed by atoms with E-state index in [4.69, 9.17) is 0 Å². The molecule has 19 heavy (non-hydrogen) atoms. The largest absolute Gasteiger partial charge is 0.312 e. The van der Waals surface area contributed by atoms with Gasteiger partial charge in [0.15, 0.2) is 0 Å². The Morgan fingerprint density at radius 1 is 1.16 bits per heavy atom. The van der Waals surface area contributed by atoms with Crippen LogP contribution in [0.1, 0.15) is 20.8 Å². The fraction of sp³-hybridized carbons (Fsp3) is 0.500. The normalized spacial score (nSPS) is 12.8. The fourth-order valence-electron chi connectivity index (χ4n) is 1.67. The summed E-state index contributed by atoms with van der Waals surface area (Å²) in [5.41, 5.74) is 0.997. The van der Waals surface area contributed by atoms with Crippen molar-refractivity contribution < 1.29 is 0 Å². The number of hydrogen-bond acceptors (Lipinski definition) is 4. The predicted octanol–water partition coefficient (Wildman–Crippen LogP) is 1.97. The molecule has 1 aromatic carbocycles. The Morgan fingerprint density at radius 3 is 2.58 bits per heavy atom. The summed E-state index contributed by atoms with van der Waals surface area (Å²) in [7, 11) is 0. The van der Waals surface area contributed by atoms with E-state index in [1.807, 2.05) is 30.3 Å². The molecule has 0 radical (unpaired) electrons. The van der Waals surface area contributed by atoms with Crippen molar-refractivity contribution in [2.45, 2.75) is 33.4 Å². The van der Waals surface area contributed by atoms with Gasteiger partial charge in [0, 0.05) is 18.2 Å². The maximum absolute atomic E-state index is 4.38. The first-order chi connectivity index (χ1) is 9.16. The van der Waals surface area contributed by atoms with Gasteiger partial charge in [-0.1, -0.05) is 44.2 Å². The Labute approximate surface area is 114 Å². The number of nitrogens with one attached hydrogen (secondary N) is 1. The first kappa shape index (κ1) is 13.7. The zero-order valence-electron chi connectivity index (χ0n) is 11.7. The van der Waals surface area contributed by atoms with Crippen molar-refractivity contribution in [2.75, 3.05) is 6.54 Å². The van der Waals surface area contributed by atoms with Crippen molar-refractivity contribution in [1.29, 1.82) is 0 Å². The second kappa shape index (κ2) is 6.43. The molecule has 1 N–H and O–H groups in total. The minimum atomic E-state index is 0.497. The van der Waals surface area contributed by atoms with Crippen LogP contribution in [-0.4, -0.2) is 32.8 Å². The Hall–Kier alpha value is -1.75. The minimum absolute atomic E-state index is 0.497. The molecule has 0 aliphatic heterocycles. The molecule has 1 aromatic heterocycles. The van der Waals surface area contributed by atoms with Crippen molar-refractivity contribution in [2.24, 2.45) is 5.92 Å². The van der Waals surface area contributed by atoms with E-state index in [0.29, 0.717) is 17.8 Å². The predicted molar refractivity (Wildman–Crippen MR) is 75.6 cm³/mol. The lowest BCUT2D eigenvalue weighted by molar-refractivity contribution is 0.398. The van der Waals surface area contributed by atoms with Crippen LogP contribution >= 0.6 is 0 Å². The van der Waals surface area contributed by atoms with E-state index in [9.17, 15) is 0 Å². The molecule has 0 aliphatic rings. The quantitative estimate of drug-likeness (QED) is 0.861. The van der Waals surface area contributed by atoms with E-state index in [2.05, 4.69) is 41.5 Å². The maximum Gasteiger partial charge on any atom is 0.204 e. The third-order valence-electron chi connectivity index (χ3n) is 3.26. The SMILES string of the molecule is CC(C)C(C)NCCn1nnc(-c2ccccc2)n1. The Bertz CT molecular complexity index is 492. The van der Waals surface area contributed by atoms with Crippen LogP contribution in [0.5, 0.6) is 0 Å². The van der Waals surface area contributed by atoms with Crippen molar-refractivity contribution in [3.05, 3.63) is 30.3 Å². The molecular formula is C14H21N5. The minimum Gasteiger partial charge on any atom is -0.312 e. The van der Waals surface area contributed by atoms with Crippen LogP contribution in [0.25, 0.3) is 11.4 Å². The van der Waals surface area contributed by atoms with E-state index in [-0.39, 0.29) is 0 Å². The van der Waals surface area contributed by atoms with Crippen LogP contribution in [0, 0.1) is 5.92 Å². The number of nitrogens with zero attached hydrogens (tertiary/aromatic N) is 4. The molecule has 2 aromatic rings. The van der Waals surface area contributed by atoms with Gasteiger partial charge in [0.2, 0.25) is 5.82 Å². The number of hydrogen-bond donors (Lipinski definition) is 1. The second-order valence-electron chi connectivity index (χ2n) is 5.06. The lowest BCUT2D eigenvalue weighted by Crippen LogP contribution is -2.33. The summed E-state index contributed by atoms with van der Waals surface area (Å²) in [5.74, 6) is 1.31. The Morgan fingerprint density at radius 2 is 1.89 bits per heavy atom. The smallest absolute Gasteiger partial charge is 0.204 e. The van der Waals surface area contributed by atoms with E-state index in [0.717, 1.165) is 18.7 Å². The second-order valence-corrected chi connectivity index (χ2v) is 5.06. The molecule has 0 saturated heterocycles.